The summed E-state index contributed by atoms with van der Waals surface area (Å²) in [5.41, 5.74) is 3.66. The number of aliphatic carboxylic acids is 1. The molecule has 4 heteroatoms. The predicted molar refractivity (Wildman–Crippen MR) is 104 cm³/mol. The van der Waals surface area contributed by atoms with Gasteiger partial charge in [0.2, 0.25) is 5.91 Å². The first-order valence-corrected chi connectivity index (χ1v) is 8.82. The molecule has 136 valence electrons. The highest BCUT2D eigenvalue weighted by molar-refractivity contribution is 5.91. The van der Waals surface area contributed by atoms with Crippen LogP contribution in [0.15, 0.2) is 84.9 Å². The van der Waals surface area contributed by atoms with E-state index in [2.05, 4.69) is 5.32 Å². The van der Waals surface area contributed by atoms with Crippen molar-refractivity contribution in [2.75, 3.05) is 5.32 Å². The van der Waals surface area contributed by atoms with E-state index in [9.17, 15) is 14.7 Å². The number of amides is 1. The Hall–Kier alpha value is -3.40. The van der Waals surface area contributed by atoms with Gasteiger partial charge in [0.15, 0.2) is 0 Å². The molecule has 4 nitrogen and oxygen atoms in total. The normalized spacial score (nSPS) is 11.6. The summed E-state index contributed by atoms with van der Waals surface area (Å²) in [6.07, 6.45) is -0.108. The molecule has 0 saturated carbocycles. The average molecular weight is 358 g/mol. The number of carboxylic acid groups (broad SMARTS) is 1. The summed E-state index contributed by atoms with van der Waals surface area (Å²) in [4.78, 5) is 23.5. The first-order valence-electron chi connectivity index (χ1n) is 8.82. The zero-order chi connectivity index (χ0) is 19.1. The topological polar surface area (TPSA) is 69.2 Å². The lowest BCUT2D eigenvalue weighted by atomic mass is 9.92. The SMILES string of the molecule is O=C([O-])C[C@@H](CC(=O)Nc1ccc(-c2ccccc2)cc1)c1ccccc1. The molecule has 1 N–H and O–H groups in total. The van der Waals surface area contributed by atoms with Crippen LogP contribution in [0.5, 0.6) is 0 Å². The van der Waals surface area contributed by atoms with E-state index in [1.54, 1.807) is 0 Å². The Morgan fingerprint density at radius 3 is 1.89 bits per heavy atom. The van der Waals surface area contributed by atoms with Gasteiger partial charge in [0, 0.05) is 18.1 Å². The van der Waals surface area contributed by atoms with Crippen molar-refractivity contribution in [3.63, 3.8) is 0 Å². The molecule has 0 unspecified atom stereocenters. The zero-order valence-corrected chi connectivity index (χ0v) is 14.8. The van der Waals surface area contributed by atoms with Crippen molar-refractivity contribution < 1.29 is 14.7 Å². The number of carbonyl (C=O) groups excluding carboxylic acids is 2. The molecule has 3 rings (SSSR count). The smallest absolute Gasteiger partial charge is 0.224 e. The lowest BCUT2D eigenvalue weighted by Gasteiger charge is -2.18. The quantitative estimate of drug-likeness (QED) is 0.701. The van der Waals surface area contributed by atoms with E-state index in [0.717, 1.165) is 16.7 Å². The van der Waals surface area contributed by atoms with E-state index in [-0.39, 0.29) is 18.7 Å². The third-order valence-electron chi connectivity index (χ3n) is 4.39. The molecular formula is C23H20NO3-. The molecule has 1 atom stereocenters. The molecule has 0 aliphatic carbocycles. The van der Waals surface area contributed by atoms with Gasteiger partial charge in [-0.2, -0.15) is 0 Å². The second-order valence-corrected chi connectivity index (χ2v) is 6.38. The Morgan fingerprint density at radius 1 is 0.741 bits per heavy atom. The molecule has 0 spiro atoms. The monoisotopic (exact) mass is 358 g/mol. The molecule has 0 bridgehead atoms. The molecule has 0 aliphatic heterocycles. The first-order chi connectivity index (χ1) is 13.1. The summed E-state index contributed by atoms with van der Waals surface area (Å²) in [5.74, 6) is -1.80. The fraction of sp³-hybridized carbons (Fsp3) is 0.130. The predicted octanol–water partition coefficient (Wildman–Crippen LogP) is 3.61. The summed E-state index contributed by atoms with van der Waals surface area (Å²) in [6, 6.07) is 26.7. The van der Waals surface area contributed by atoms with Crippen molar-refractivity contribution >= 4 is 17.6 Å². The molecule has 27 heavy (non-hydrogen) atoms. The van der Waals surface area contributed by atoms with Gasteiger partial charge < -0.3 is 15.2 Å². The number of carboxylic acids is 1. The Balaban J connectivity index is 1.66. The van der Waals surface area contributed by atoms with Crippen molar-refractivity contribution in [2.45, 2.75) is 18.8 Å². The number of nitrogens with one attached hydrogen (secondary N) is 1. The highest BCUT2D eigenvalue weighted by Gasteiger charge is 2.16. The third-order valence-corrected chi connectivity index (χ3v) is 4.39. The van der Waals surface area contributed by atoms with Crippen molar-refractivity contribution in [2.24, 2.45) is 0 Å². The van der Waals surface area contributed by atoms with Crippen LogP contribution in [0.3, 0.4) is 0 Å². The molecular weight excluding hydrogens is 338 g/mol. The first kappa shape index (κ1) is 18.4. The minimum absolute atomic E-state index is 0.0818. The number of rotatable bonds is 7. The van der Waals surface area contributed by atoms with E-state index < -0.39 is 11.9 Å². The van der Waals surface area contributed by atoms with Gasteiger partial charge in [0.25, 0.3) is 0 Å². The van der Waals surface area contributed by atoms with Crippen LogP contribution >= 0.6 is 0 Å². The summed E-state index contributed by atoms with van der Waals surface area (Å²) in [5, 5.41) is 13.9. The maximum absolute atomic E-state index is 12.4. The minimum Gasteiger partial charge on any atom is -0.550 e. The van der Waals surface area contributed by atoms with Crippen molar-refractivity contribution in [3.05, 3.63) is 90.5 Å². The second-order valence-electron chi connectivity index (χ2n) is 6.38. The molecule has 0 saturated heterocycles. The number of anilines is 1. The largest absolute Gasteiger partial charge is 0.550 e. The third kappa shape index (κ3) is 5.28. The van der Waals surface area contributed by atoms with Crippen molar-refractivity contribution in [1.29, 1.82) is 0 Å². The highest BCUT2D eigenvalue weighted by atomic mass is 16.4. The molecule has 0 fully saturated rings. The van der Waals surface area contributed by atoms with E-state index in [0.29, 0.717) is 5.69 Å². The molecule has 1 amide bonds. The van der Waals surface area contributed by atoms with Crippen LogP contribution in [0.25, 0.3) is 11.1 Å². The Kier molecular flexibility index (Phi) is 6.00. The maximum Gasteiger partial charge on any atom is 0.224 e. The average Bonchev–Trinajstić information content (AvgIpc) is 2.69. The minimum atomic E-state index is -1.16. The van der Waals surface area contributed by atoms with Crippen molar-refractivity contribution in [1.82, 2.24) is 0 Å². The molecule has 3 aromatic carbocycles. The Labute approximate surface area is 158 Å². The summed E-state index contributed by atoms with van der Waals surface area (Å²) in [6.45, 7) is 0. The van der Waals surface area contributed by atoms with Crippen LogP contribution in [-0.4, -0.2) is 11.9 Å². The number of benzene rings is 3. The Bertz CT molecular complexity index is 890. The zero-order valence-electron chi connectivity index (χ0n) is 14.8. The van der Waals surface area contributed by atoms with Gasteiger partial charge in [0.05, 0.1) is 0 Å². The maximum atomic E-state index is 12.4. The van der Waals surface area contributed by atoms with Crippen molar-refractivity contribution in [3.8, 4) is 11.1 Å². The lowest BCUT2D eigenvalue weighted by molar-refractivity contribution is -0.306. The molecule has 0 heterocycles. The highest BCUT2D eigenvalue weighted by Crippen LogP contribution is 2.25. The summed E-state index contributed by atoms with van der Waals surface area (Å²) in [7, 11) is 0. The van der Waals surface area contributed by atoms with Crippen LogP contribution in [-0.2, 0) is 9.59 Å². The van der Waals surface area contributed by atoms with Gasteiger partial charge in [-0.3, -0.25) is 4.79 Å². The van der Waals surface area contributed by atoms with Gasteiger partial charge in [-0.25, -0.2) is 0 Å². The van der Waals surface area contributed by atoms with E-state index in [4.69, 9.17) is 0 Å². The number of carbonyl (C=O) groups is 2. The molecule has 0 aliphatic rings. The van der Waals surface area contributed by atoms with Gasteiger partial charge in [-0.15, -0.1) is 0 Å². The Morgan fingerprint density at radius 2 is 1.30 bits per heavy atom. The number of hydrogen-bond donors (Lipinski definition) is 1. The van der Waals surface area contributed by atoms with Gasteiger partial charge >= 0.3 is 0 Å². The van der Waals surface area contributed by atoms with Gasteiger partial charge in [-0.1, -0.05) is 72.8 Å². The standard InChI is InChI=1S/C23H21NO3/c25-22(15-20(16-23(26)27)18-9-5-2-6-10-18)24-21-13-11-19(12-14-21)17-7-3-1-4-8-17/h1-14,20H,15-16H2,(H,24,25)(H,26,27)/p-1/t20-/m1/s1. The van der Waals surface area contributed by atoms with E-state index in [1.165, 1.54) is 0 Å². The van der Waals surface area contributed by atoms with E-state index >= 15 is 0 Å². The molecule has 3 aromatic rings. The fourth-order valence-corrected chi connectivity index (χ4v) is 3.05. The lowest BCUT2D eigenvalue weighted by Crippen LogP contribution is -2.26. The van der Waals surface area contributed by atoms with Crippen LogP contribution in [0, 0.1) is 0 Å². The van der Waals surface area contributed by atoms with Crippen LogP contribution < -0.4 is 10.4 Å². The van der Waals surface area contributed by atoms with Crippen LogP contribution in [0.4, 0.5) is 5.69 Å². The van der Waals surface area contributed by atoms with Crippen LogP contribution in [0.1, 0.15) is 24.3 Å². The second kappa shape index (κ2) is 8.81. The molecule has 0 radical (unpaired) electrons. The van der Waals surface area contributed by atoms with Gasteiger partial charge in [-0.05, 0) is 41.2 Å². The summed E-state index contributed by atoms with van der Waals surface area (Å²) < 4.78 is 0. The van der Waals surface area contributed by atoms with E-state index in [1.807, 2.05) is 84.9 Å². The number of hydrogen-bond acceptors (Lipinski definition) is 3. The summed E-state index contributed by atoms with van der Waals surface area (Å²) >= 11 is 0. The fourth-order valence-electron chi connectivity index (χ4n) is 3.05. The molecule has 0 aromatic heterocycles. The van der Waals surface area contributed by atoms with Gasteiger partial charge in [0.1, 0.15) is 0 Å². The van der Waals surface area contributed by atoms with Crippen LogP contribution in [0.2, 0.25) is 0 Å².